The normalized spacial score (nSPS) is 19.7. The fourth-order valence-electron chi connectivity index (χ4n) is 2.86. The molecule has 1 unspecified atom stereocenters. The van der Waals surface area contributed by atoms with Crippen LogP contribution in [0.15, 0.2) is 42.5 Å². The molecule has 0 radical (unpaired) electrons. The first kappa shape index (κ1) is 15.4. The lowest BCUT2D eigenvalue weighted by molar-refractivity contribution is -0.173. The van der Waals surface area contributed by atoms with Crippen LogP contribution in [-0.2, 0) is 10.5 Å². The molecule has 2 aromatic rings. The number of fused-ring (bicyclic) bond motifs is 1. The van der Waals surface area contributed by atoms with Gasteiger partial charge in [-0.15, -0.1) is 0 Å². The molecule has 1 aliphatic heterocycles. The third-order valence-electron chi connectivity index (χ3n) is 4.00. The van der Waals surface area contributed by atoms with Gasteiger partial charge in [0.1, 0.15) is 11.3 Å². The van der Waals surface area contributed by atoms with Gasteiger partial charge in [-0.3, -0.25) is 4.79 Å². The second kappa shape index (κ2) is 5.93. The van der Waals surface area contributed by atoms with Crippen molar-refractivity contribution in [1.29, 1.82) is 0 Å². The molecule has 1 atom stereocenters. The maximum Gasteiger partial charge on any atom is 0.244 e. The number of hydrogen-bond donors (Lipinski definition) is 0. The van der Waals surface area contributed by atoms with Crippen molar-refractivity contribution in [2.24, 2.45) is 0 Å². The zero-order chi connectivity index (χ0) is 16.4. The lowest BCUT2D eigenvalue weighted by Gasteiger charge is -2.37. The van der Waals surface area contributed by atoms with Crippen molar-refractivity contribution in [3.8, 4) is 17.2 Å². The minimum Gasteiger partial charge on any atom is -0.493 e. The quantitative estimate of drug-likeness (QED) is 0.867. The van der Waals surface area contributed by atoms with Crippen LogP contribution in [0.4, 0.5) is 0 Å². The second-order valence-electron chi connectivity index (χ2n) is 5.20. The standard InChI is InChI=1S/C18H18O5/c1-20-15-10-9-14-16(17(15)21-2)13(19)11-18(22-3,23-14)12-7-5-4-6-8-12/h4-10H,11H2,1-3H3. The Hall–Kier alpha value is -2.53. The molecule has 0 aliphatic carbocycles. The molecule has 2 aromatic carbocycles. The van der Waals surface area contributed by atoms with E-state index in [-0.39, 0.29) is 12.2 Å². The van der Waals surface area contributed by atoms with E-state index >= 15 is 0 Å². The van der Waals surface area contributed by atoms with E-state index in [2.05, 4.69) is 0 Å². The Kier molecular flexibility index (Phi) is 3.96. The molecule has 3 rings (SSSR count). The first-order chi connectivity index (χ1) is 11.1. The van der Waals surface area contributed by atoms with E-state index in [0.717, 1.165) is 5.56 Å². The molecule has 0 aromatic heterocycles. The van der Waals surface area contributed by atoms with E-state index in [4.69, 9.17) is 18.9 Å². The summed E-state index contributed by atoms with van der Waals surface area (Å²) in [6.07, 6.45) is 0.0596. The van der Waals surface area contributed by atoms with Crippen LogP contribution in [0.3, 0.4) is 0 Å². The fraction of sp³-hybridized carbons (Fsp3) is 0.278. The first-order valence-electron chi connectivity index (χ1n) is 7.23. The summed E-state index contributed by atoms with van der Waals surface area (Å²) in [5.41, 5.74) is 1.17. The van der Waals surface area contributed by atoms with Crippen molar-refractivity contribution in [2.45, 2.75) is 12.2 Å². The van der Waals surface area contributed by atoms with Crippen LogP contribution in [0.5, 0.6) is 17.2 Å². The lowest BCUT2D eigenvalue weighted by atomic mass is 9.92. The summed E-state index contributed by atoms with van der Waals surface area (Å²) in [5.74, 6) is 0.0446. The predicted molar refractivity (Wildman–Crippen MR) is 84.3 cm³/mol. The Morgan fingerprint density at radius 1 is 1.00 bits per heavy atom. The number of methoxy groups -OCH3 is 3. The zero-order valence-electron chi connectivity index (χ0n) is 13.3. The minimum atomic E-state index is -1.13. The molecule has 0 bridgehead atoms. The molecular weight excluding hydrogens is 296 g/mol. The number of rotatable bonds is 4. The molecule has 0 spiro atoms. The summed E-state index contributed by atoms with van der Waals surface area (Å²) in [6.45, 7) is 0. The highest BCUT2D eigenvalue weighted by Crippen LogP contribution is 2.46. The number of hydrogen-bond acceptors (Lipinski definition) is 5. The maximum atomic E-state index is 12.8. The summed E-state index contributed by atoms with van der Waals surface area (Å²) in [7, 11) is 4.56. The number of carbonyl (C=O) groups excluding carboxylic acids is 1. The van der Waals surface area contributed by atoms with Crippen LogP contribution in [-0.4, -0.2) is 27.1 Å². The Bertz CT molecular complexity index is 726. The molecule has 5 nitrogen and oxygen atoms in total. The van der Waals surface area contributed by atoms with E-state index in [9.17, 15) is 4.79 Å². The summed E-state index contributed by atoms with van der Waals surface area (Å²) in [5, 5.41) is 0. The Morgan fingerprint density at radius 2 is 1.74 bits per heavy atom. The highest BCUT2D eigenvalue weighted by atomic mass is 16.7. The molecule has 1 heterocycles. The largest absolute Gasteiger partial charge is 0.493 e. The molecular formula is C18H18O5. The molecule has 0 amide bonds. The number of benzene rings is 2. The Labute approximate surface area is 134 Å². The van der Waals surface area contributed by atoms with Crippen LogP contribution in [0, 0.1) is 0 Å². The summed E-state index contributed by atoms with van der Waals surface area (Å²) < 4.78 is 22.3. The van der Waals surface area contributed by atoms with Crippen molar-refractivity contribution >= 4 is 5.78 Å². The van der Waals surface area contributed by atoms with E-state index in [1.54, 1.807) is 12.1 Å². The van der Waals surface area contributed by atoms with Crippen LogP contribution >= 0.6 is 0 Å². The van der Waals surface area contributed by atoms with Crippen molar-refractivity contribution in [3.05, 3.63) is 53.6 Å². The van der Waals surface area contributed by atoms with Gasteiger partial charge in [-0.2, -0.15) is 0 Å². The summed E-state index contributed by atoms with van der Waals surface area (Å²) >= 11 is 0. The number of carbonyl (C=O) groups is 1. The van der Waals surface area contributed by atoms with E-state index < -0.39 is 5.79 Å². The van der Waals surface area contributed by atoms with Crippen molar-refractivity contribution < 1.29 is 23.7 Å². The molecule has 120 valence electrons. The Morgan fingerprint density at radius 3 is 2.35 bits per heavy atom. The van der Waals surface area contributed by atoms with Gasteiger partial charge in [-0.25, -0.2) is 0 Å². The van der Waals surface area contributed by atoms with Gasteiger partial charge in [-0.05, 0) is 12.1 Å². The minimum absolute atomic E-state index is 0.0596. The number of Topliss-reactive ketones (excluding diaryl/α,β-unsaturated/α-hetero) is 1. The smallest absolute Gasteiger partial charge is 0.244 e. The average molecular weight is 314 g/mol. The highest BCUT2D eigenvalue weighted by Gasteiger charge is 2.44. The molecule has 5 heteroatoms. The SMILES string of the molecule is COc1ccc2c(c1OC)C(=O)CC(OC)(c1ccccc1)O2. The first-order valence-corrected chi connectivity index (χ1v) is 7.23. The van der Waals surface area contributed by atoms with Crippen molar-refractivity contribution in [3.63, 3.8) is 0 Å². The van der Waals surface area contributed by atoms with Crippen LogP contribution in [0.25, 0.3) is 0 Å². The maximum absolute atomic E-state index is 12.8. The Balaban J connectivity index is 2.13. The van der Waals surface area contributed by atoms with Gasteiger partial charge in [0.15, 0.2) is 17.3 Å². The third-order valence-corrected chi connectivity index (χ3v) is 4.00. The predicted octanol–water partition coefficient (Wildman–Crippen LogP) is 3.17. The highest BCUT2D eigenvalue weighted by molar-refractivity contribution is 6.03. The van der Waals surface area contributed by atoms with Gasteiger partial charge < -0.3 is 18.9 Å². The average Bonchev–Trinajstić information content (AvgIpc) is 2.61. The molecule has 0 fully saturated rings. The molecule has 0 N–H and O–H groups in total. The molecule has 0 saturated carbocycles. The molecule has 1 aliphatic rings. The van der Waals surface area contributed by atoms with Gasteiger partial charge >= 0.3 is 0 Å². The lowest BCUT2D eigenvalue weighted by Crippen LogP contribution is -2.41. The van der Waals surface area contributed by atoms with Crippen molar-refractivity contribution in [2.75, 3.05) is 21.3 Å². The third kappa shape index (κ3) is 2.43. The summed E-state index contributed by atoms with van der Waals surface area (Å²) in [4.78, 5) is 12.8. The van der Waals surface area contributed by atoms with Crippen molar-refractivity contribution in [1.82, 2.24) is 0 Å². The van der Waals surface area contributed by atoms with Gasteiger partial charge in [0.05, 0.1) is 20.6 Å². The number of ketones is 1. The van der Waals surface area contributed by atoms with E-state index in [1.165, 1.54) is 21.3 Å². The topological polar surface area (TPSA) is 54.0 Å². The van der Waals surface area contributed by atoms with Gasteiger partial charge in [0.25, 0.3) is 0 Å². The fourth-order valence-corrected chi connectivity index (χ4v) is 2.86. The zero-order valence-corrected chi connectivity index (χ0v) is 13.3. The van der Waals surface area contributed by atoms with Crippen LogP contribution < -0.4 is 14.2 Å². The van der Waals surface area contributed by atoms with E-state index in [0.29, 0.717) is 22.8 Å². The monoisotopic (exact) mass is 314 g/mol. The van der Waals surface area contributed by atoms with Gasteiger partial charge in [-0.1, -0.05) is 30.3 Å². The van der Waals surface area contributed by atoms with Crippen LogP contribution in [0.1, 0.15) is 22.3 Å². The molecule has 0 saturated heterocycles. The molecule has 23 heavy (non-hydrogen) atoms. The van der Waals surface area contributed by atoms with E-state index in [1.807, 2.05) is 30.3 Å². The van der Waals surface area contributed by atoms with Gasteiger partial charge in [0, 0.05) is 12.7 Å². The second-order valence-corrected chi connectivity index (χ2v) is 5.20. The van der Waals surface area contributed by atoms with Gasteiger partial charge in [0.2, 0.25) is 5.79 Å². The number of ether oxygens (including phenoxy) is 4. The van der Waals surface area contributed by atoms with Crippen LogP contribution in [0.2, 0.25) is 0 Å². The summed E-state index contributed by atoms with van der Waals surface area (Å²) in [6, 6.07) is 12.8.